The number of rotatable bonds is 5. The van der Waals surface area contributed by atoms with Crippen LogP contribution in [0, 0.1) is 11.6 Å². The quantitative estimate of drug-likeness (QED) is 0.658. The first-order valence-electron chi connectivity index (χ1n) is 8.92. The molecular formula is C19H19ClF2N2O4S. The van der Waals surface area contributed by atoms with Crippen LogP contribution in [0.3, 0.4) is 0 Å². The number of carbonyl (C=O) groups excluding carboxylic acids is 1. The van der Waals surface area contributed by atoms with Crippen molar-refractivity contribution in [2.75, 3.05) is 5.32 Å². The van der Waals surface area contributed by atoms with Crippen LogP contribution in [0.25, 0.3) is 0 Å². The minimum absolute atomic E-state index is 0.00267. The minimum atomic E-state index is -3.92. The van der Waals surface area contributed by atoms with Crippen LogP contribution < -0.4 is 10.0 Å². The van der Waals surface area contributed by atoms with Gasteiger partial charge in [0.05, 0.1) is 21.6 Å². The predicted octanol–water partition coefficient (Wildman–Crippen LogP) is 3.45. The Morgan fingerprint density at radius 3 is 2.38 bits per heavy atom. The largest absolute Gasteiger partial charge is 0.393 e. The first-order valence-corrected chi connectivity index (χ1v) is 10.8. The molecule has 0 unspecified atom stereocenters. The summed E-state index contributed by atoms with van der Waals surface area (Å²) in [6, 6.07) is 6.21. The van der Waals surface area contributed by atoms with Crippen molar-refractivity contribution in [3.05, 3.63) is 58.6 Å². The summed E-state index contributed by atoms with van der Waals surface area (Å²) < 4.78 is 54.3. The highest BCUT2D eigenvalue weighted by Crippen LogP contribution is 2.24. The van der Waals surface area contributed by atoms with Crippen molar-refractivity contribution in [2.24, 2.45) is 0 Å². The molecule has 0 atom stereocenters. The molecule has 0 aromatic heterocycles. The molecule has 1 aliphatic carbocycles. The number of aliphatic hydroxyl groups is 1. The summed E-state index contributed by atoms with van der Waals surface area (Å²) in [6.45, 7) is 0. The Balaban J connectivity index is 1.79. The Labute approximate surface area is 171 Å². The molecule has 1 saturated carbocycles. The molecule has 3 N–H and O–H groups in total. The van der Waals surface area contributed by atoms with E-state index in [1.54, 1.807) is 0 Å². The van der Waals surface area contributed by atoms with Gasteiger partial charge in [-0.25, -0.2) is 21.9 Å². The zero-order valence-corrected chi connectivity index (χ0v) is 16.7. The molecule has 0 spiro atoms. The first kappa shape index (κ1) is 21.6. The molecule has 0 aliphatic heterocycles. The van der Waals surface area contributed by atoms with E-state index < -0.39 is 33.7 Å². The van der Waals surface area contributed by atoms with Crippen molar-refractivity contribution >= 4 is 33.2 Å². The maximum Gasteiger partial charge on any atom is 0.257 e. The van der Waals surface area contributed by atoms with E-state index in [9.17, 15) is 27.1 Å². The van der Waals surface area contributed by atoms with E-state index in [0.29, 0.717) is 25.7 Å². The second-order valence-electron chi connectivity index (χ2n) is 6.85. The minimum Gasteiger partial charge on any atom is -0.393 e. The van der Waals surface area contributed by atoms with Gasteiger partial charge in [0, 0.05) is 17.8 Å². The van der Waals surface area contributed by atoms with Gasteiger partial charge in [0.25, 0.3) is 5.91 Å². The number of hydrogen-bond acceptors (Lipinski definition) is 4. The third kappa shape index (κ3) is 5.30. The lowest BCUT2D eigenvalue weighted by molar-refractivity contribution is 0.102. The van der Waals surface area contributed by atoms with E-state index in [4.69, 9.17) is 11.6 Å². The van der Waals surface area contributed by atoms with E-state index in [0.717, 1.165) is 18.2 Å². The maximum absolute atomic E-state index is 13.3. The Bertz CT molecular complexity index is 1020. The molecule has 0 bridgehead atoms. The lowest BCUT2D eigenvalue weighted by Gasteiger charge is -2.26. The van der Waals surface area contributed by atoms with Crippen molar-refractivity contribution in [1.29, 1.82) is 0 Å². The summed E-state index contributed by atoms with van der Waals surface area (Å²) in [7, 11) is -3.92. The van der Waals surface area contributed by atoms with Gasteiger partial charge < -0.3 is 10.4 Å². The van der Waals surface area contributed by atoms with Gasteiger partial charge in [-0.3, -0.25) is 4.79 Å². The van der Waals surface area contributed by atoms with Crippen LogP contribution in [0.2, 0.25) is 5.02 Å². The van der Waals surface area contributed by atoms with E-state index in [1.807, 2.05) is 0 Å². The van der Waals surface area contributed by atoms with Crippen LogP contribution in [-0.2, 0) is 10.0 Å². The molecule has 1 aliphatic rings. The number of aliphatic hydroxyl groups excluding tert-OH is 1. The van der Waals surface area contributed by atoms with Gasteiger partial charge in [0.1, 0.15) is 0 Å². The molecule has 0 saturated heterocycles. The standard InChI is InChI=1S/C19H19ClF2N2O4S/c20-16-7-6-14(29(27,28)24-11-1-4-13(25)5-2-11)10-15(16)19(26)23-12-3-8-17(21)18(22)9-12/h3,6-11,13,24-25H,1-2,4-5H2,(H,23,26). The molecule has 0 radical (unpaired) electrons. The van der Waals surface area contributed by atoms with E-state index in [2.05, 4.69) is 10.0 Å². The second-order valence-corrected chi connectivity index (χ2v) is 8.97. The smallest absolute Gasteiger partial charge is 0.257 e. The molecule has 10 heteroatoms. The summed E-state index contributed by atoms with van der Waals surface area (Å²) in [6.07, 6.45) is 1.62. The number of halogens is 3. The summed E-state index contributed by atoms with van der Waals surface area (Å²) in [5, 5.41) is 11.9. The fourth-order valence-corrected chi connectivity index (χ4v) is 4.63. The molecule has 6 nitrogen and oxygen atoms in total. The van der Waals surface area contributed by atoms with Crippen LogP contribution >= 0.6 is 11.6 Å². The van der Waals surface area contributed by atoms with Crippen molar-refractivity contribution in [3.8, 4) is 0 Å². The van der Waals surface area contributed by atoms with Crippen LogP contribution in [0.1, 0.15) is 36.0 Å². The molecule has 0 heterocycles. The van der Waals surface area contributed by atoms with E-state index >= 15 is 0 Å². The monoisotopic (exact) mass is 444 g/mol. The van der Waals surface area contributed by atoms with Crippen molar-refractivity contribution in [2.45, 2.75) is 42.7 Å². The van der Waals surface area contributed by atoms with Gasteiger partial charge in [0.15, 0.2) is 11.6 Å². The Morgan fingerprint density at radius 1 is 1.03 bits per heavy atom. The molecule has 2 aromatic rings. The highest BCUT2D eigenvalue weighted by molar-refractivity contribution is 7.89. The van der Waals surface area contributed by atoms with Gasteiger partial charge in [0.2, 0.25) is 10.0 Å². The number of amides is 1. The number of anilines is 1. The fraction of sp³-hybridized carbons (Fsp3) is 0.316. The third-order valence-corrected chi connectivity index (χ3v) is 6.54. The van der Waals surface area contributed by atoms with Gasteiger partial charge in [-0.1, -0.05) is 11.6 Å². The predicted molar refractivity (Wildman–Crippen MR) is 104 cm³/mol. The zero-order valence-electron chi connectivity index (χ0n) is 15.2. The molecule has 1 amide bonds. The van der Waals surface area contributed by atoms with Crippen LogP contribution in [0.5, 0.6) is 0 Å². The van der Waals surface area contributed by atoms with Gasteiger partial charge in [-0.15, -0.1) is 0 Å². The van der Waals surface area contributed by atoms with Crippen LogP contribution in [-0.4, -0.2) is 31.6 Å². The summed E-state index contributed by atoms with van der Waals surface area (Å²) in [5.74, 6) is -2.96. The Morgan fingerprint density at radius 2 is 1.72 bits per heavy atom. The van der Waals surface area contributed by atoms with Gasteiger partial charge >= 0.3 is 0 Å². The number of benzene rings is 2. The summed E-state index contributed by atoms with van der Waals surface area (Å²) >= 11 is 6.03. The van der Waals surface area contributed by atoms with Crippen molar-refractivity contribution < 1.29 is 27.1 Å². The van der Waals surface area contributed by atoms with Crippen molar-refractivity contribution in [3.63, 3.8) is 0 Å². The third-order valence-electron chi connectivity index (χ3n) is 4.69. The Hall–Kier alpha value is -2.07. The average Bonchev–Trinajstić information content (AvgIpc) is 2.66. The highest BCUT2D eigenvalue weighted by Gasteiger charge is 2.26. The molecule has 1 fully saturated rings. The van der Waals surface area contributed by atoms with Crippen LogP contribution in [0.15, 0.2) is 41.3 Å². The lowest BCUT2D eigenvalue weighted by atomic mass is 9.94. The highest BCUT2D eigenvalue weighted by atomic mass is 35.5. The summed E-state index contributed by atoms with van der Waals surface area (Å²) in [5.41, 5.74) is -0.129. The number of sulfonamides is 1. The van der Waals surface area contributed by atoms with E-state index in [1.165, 1.54) is 18.2 Å². The topological polar surface area (TPSA) is 95.5 Å². The molecule has 156 valence electrons. The van der Waals surface area contributed by atoms with Crippen LogP contribution in [0.4, 0.5) is 14.5 Å². The number of hydrogen-bond donors (Lipinski definition) is 3. The van der Waals surface area contributed by atoms with Gasteiger partial charge in [-0.05, 0) is 56.0 Å². The maximum atomic E-state index is 13.3. The fourth-order valence-electron chi connectivity index (χ4n) is 3.10. The number of nitrogens with one attached hydrogen (secondary N) is 2. The molecular weight excluding hydrogens is 426 g/mol. The number of carbonyl (C=O) groups is 1. The first-order chi connectivity index (χ1) is 13.7. The Kier molecular flexibility index (Phi) is 6.52. The normalized spacial score (nSPS) is 19.7. The van der Waals surface area contributed by atoms with E-state index in [-0.39, 0.29) is 27.2 Å². The average molecular weight is 445 g/mol. The SMILES string of the molecule is O=C(Nc1ccc(F)c(F)c1)c1cc(S(=O)(=O)NC2CCC(O)CC2)ccc1Cl. The summed E-state index contributed by atoms with van der Waals surface area (Å²) in [4.78, 5) is 12.3. The molecule has 2 aromatic carbocycles. The lowest BCUT2D eigenvalue weighted by Crippen LogP contribution is -2.38. The van der Waals surface area contributed by atoms with Gasteiger partial charge in [-0.2, -0.15) is 0 Å². The zero-order chi connectivity index (χ0) is 21.2. The molecule has 3 rings (SSSR count). The van der Waals surface area contributed by atoms with Crippen molar-refractivity contribution in [1.82, 2.24) is 4.72 Å². The second kappa shape index (κ2) is 8.74. The molecule has 29 heavy (non-hydrogen) atoms.